The van der Waals surface area contributed by atoms with Gasteiger partial charge in [-0.1, -0.05) is 24.3 Å². The van der Waals surface area contributed by atoms with E-state index in [1.807, 2.05) is 31.2 Å². The molecule has 0 fully saturated rings. The minimum Gasteiger partial charge on any atom is -0.298 e. The van der Waals surface area contributed by atoms with Crippen molar-refractivity contribution in [2.75, 3.05) is 0 Å². The quantitative estimate of drug-likeness (QED) is 0.848. The molecule has 0 spiro atoms. The fourth-order valence-electron chi connectivity index (χ4n) is 1.48. The first-order valence-electron chi connectivity index (χ1n) is 4.49. The largest absolute Gasteiger partial charge is 0.298 e. The van der Waals surface area contributed by atoms with Crippen LogP contribution in [0.4, 0.5) is 0 Å². The topological polar surface area (TPSA) is 45.8 Å². The van der Waals surface area contributed by atoms with Crippen LogP contribution in [0.3, 0.4) is 0 Å². The summed E-state index contributed by atoms with van der Waals surface area (Å²) in [5, 5.41) is 6.86. The number of H-pyrrole nitrogens is 1. The fourth-order valence-corrected chi connectivity index (χ4v) is 1.85. The Labute approximate surface area is 95.6 Å². The first-order valence-corrected chi connectivity index (χ1v) is 5.28. The minimum absolute atomic E-state index is 0.560. The van der Waals surface area contributed by atoms with Crippen LogP contribution in [0.5, 0.6) is 0 Å². The molecule has 15 heavy (non-hydrogen) atoms. The van der Waals surface area contributed by atoms with Crippen LogP contribution in [0.1, 0.15) is 15.9 Å². The third kappa shape index (κ3) is 1.72. The van der Waals surface area contributed by atoms with E-state index in [1.54, 1.807) is 0 Å². The molecule has 0 saturated heterocycles. The van der Waals surface area contributed by atoms with Crippen LogP contribution in [-0.2, 0) is 0 Å². The van der Waals surface area contributed by atoms with Crippen LogP contribution < -0.4 is 0 Å². The Morgan fingerprint density at radius 1 is 1.40 bits per heavy atom. The smallest absolute Gasteiger partial charge is 0.155 e. The molecule has 76 valence electrons. The molecule has 0 radical (unpaired) electrons. The number of carbonyl (C=O) groups is 1. The summed E-state index contributed by atoms with van der Waals surface area (Å²) in [5.41, 5.74) is 3.32. The highest BCUT2D eigenvalue weighted by atomic mass is 79.9. The van der Waals surface area contributed by atoms with Gasteiger partial charge in [-0.15, -0.1) is 0 Å². The maximum absolute atomic E-state index is 10.9. The third-order valence-corrected chi connectivity index (χ3v) is 2.88. The molecule has 0 saturated carbocycles. The summed E-state index contributed by atoms with van der Waals surface area (Å²) in [7, 11) is 0. The Balaban J connectivity index is 2.64. The maximum atomic E-state index is 10.9. The van der Waals surface area contributed by atoms with Crippen molar-refractivity contribution in [2.24, 2.45) is 0 Å². The van der Waals surface area contributed by atoms with Gasteiger partial charge in [0.1, 0.15) is 10.3 Å². The van der Waals surface area contributed by atoms with Crippen molar-refractivity contribution >= 4 is 22.2 Å². The Kier molecular flexibility index (Phi) is 2.68. The highest BCUT2D eigenvalue weighted by Crippen LogP contribution is 2.27. The number of benzene rings is 1. The minimum atomic E-state index is 0.560. The molecule has 0 aliphatic heterocycles. The first kappa shape index (κ1) is 10.1. The molecule has 2 aromatic rings. The number of aryl methyl sites for hydroxylation is 1. The molecule has 1 heterocycles. The average Bonchev–Trinajstić information content (AvgIpc) is 2.60. The van der Waals surface area contributed by atoms with Crippen molar-refractivity contribution in [3.63, 3.8) is 0 Å². The predicted molar refractivity (Wildman–Crippen MR) is 61.8 cm³/mol. The predicted octanol–water partition coefficient (Wildman–Crippen LogP) is 2.96. The van der Waals surface area contributed by atoms with Crippen molar-refractivity contribution in [1.29, 1.82) is 0 Å². The first-order chi connectivity index (χ1) is 7.24. The van der Waals surface area contributed by atoms with Crippen molar-refractivity contribution in [2.45, 2.75) is 6.92 Å². The summed E-state index contributed by atoms with van der Waals surface area (Å²) in [4.78, 5) is 10.9. The van der Waals surface area contributed by atoms with Gasteiger partial charge in [-0.05, 0) is 28.4 Å². The number of carbonyl (C=O) groups excluding carboxylic acids is 1. The van der Waals surface area contributed by atoms with E-state index in [-0.39, 0.29) is 0 Å². The second kappa shape index (κ2) is 3.98. The lowest BCUT2D eigenvalue weighted by Gasteiger charge is -2.01. The number of hydrogen-bond acceptors (Lipinski definition) is 2. The van der Waals surface area contributed by atoms with Gasteiger partial charge in [-0.3, -0.25) is 9.89 Å². The lowest BCUT2D eigenvalue weighted by atomic mass is 10.0. The van der Waals surface area contributed by atoms with Gasteiger partial charge in [0.15, 0.2) is 6.29 Å². The van der Waals surface area contributed by atoms with Crippen LogP contribution in [0, 0.1) is 6.92 Å². The molecule has 0 aliphatic carbocycles. The molecule has 3 nitrogen and oxygen atoms in total. The molecule has 0 amide bonds. The number of nitrogens with one attached hydrogen (secondary N) is 1. The Hall–Kier alpha value is -1.42. The van der Waals surface area contributed by atoms with E-state index in [2.05, 4.69) is 26.1 Å². The van der Waals surface area contributed by atoms with Crippen LogP contribution >= 0.6 is 15.9 Å². The number of aldehydes is 1. The van der Waals surface area contributed by atoms with Gasteiger partial charge in [0, 0.05) is 5.56 Å². The van der Waals surface area contributed by atoms with Crippen molar-refractivity contribution in [1.82, 2.24) is 10.2 Å². The summed E-state index contributed by atoms with van der Waals surface area (Å²) >= 11 is 3.25. The van der Waals surface area contributed by atoms with Gasteiger partial charge < -0.3 is 0 Å². The van der Waals surface area contributed by atoms with Crippen molar-refractivity contribution < 1.29 is 4.79 Å². The van der Waals surface area contributed by atoms with Gasteiger partial charge in [0.05, 0.1) is 5.56 Å². The van der Waals surface area contributed by atoms with Gasteiger partial charge in [0.2, 0.25) is 0 Å². The number of hydrogen-bond donors (Lipinski definition) is 1. The van der Waals surface area contributed by atoms with Crippen LogP contribution in [0.2, 0.25) is 0 Å². The molecule has 1 aromatic heterocycles. The Morgan fingerprint density at radius 2 is 2.13 bits per heavy atom. The van der Waals surface area contributed by atoms with Gasteiger partial charge in [-0.2, -0.15) is 5.10 Å². The normalized spacial score (nSPS) is 10.3. The van der Waals surface area contributed by atoms with Crippen molar-refractivity contribution in [3.8, 4) is 11.3 Å². The zero-order chi connectivity index (χ0) is 10.8. The average molecular weight is 265 g/mol. The molecule has 2 rings (SSSR count). The van der Waals surface area contributed by atoms with Gasteiger partial charge in [0.25, 0.3) is 0 Å². The lowest BCUT2D eigenvalue weighted by molar-refractivity contribution is 0.112. The monoisotopic (exact) mass is 264 g/mol. The molecule has 0 aliphatic rings. The van der Waals surface area contributed by atoms with Crippen LogP contribution in [0.15, 0.2) is 28.9 Å². The molecular weight excluding hydrogens is 256 g/mol. The van der Waals surface area contributed by atoms with E-state index in [4.69, 9.17) is 0 Å². The van der Waals surface area contributed by atoms with E-state index in [1.165, 1.54) is 0 Å². The molecule has 0 atom stereocenters. The van der Waals surface area contributed by atoms with Gasteiger partial charge in [-0.25, -0.2) is 0 Å². The SMILES string of the molecule is Cc1ccccc1-c1n[nH]c(Br)c1C=O. The van der Waals surface area contributed by atoms with E-state index in [0.29, 0.717) is 15.9 Å². The molecule has 0 unspecified atom stereocenters. The summed E-state index contributed by atoms with van der Waals surface area (Å²) in [5.74, 6) is 0. The number of aromatic amines is 1. The lowest BCUT2D eigenvalue weighted by Crippen LogP contribution is -1.87. The van der Waals surface area contributed by atoms with Crippen molar-refractivity contribution in [3.05, 3.63) is 40.0 Å². The summed E-state index contributed by atoms with van der Waals surface area (Å²) in [6.07, 6.45) is 0.801. The summed E-state index contributed by atoms with van der Waals surface area (Å²) in [6, 6.07) is 7.83. The second-order valence-corrected chi connectivity index (χ2v) is 4.03. The highest BCUT2D eigenvalue weighted by molar-refractivity contribution is 9.10. The Morgan fingerprint density at radius 3 is 2.80 bits per heavy atom. The zero-order valence-corrected chi connectivity index (χ0v) is 9.71. The summed E-state index contributed by atoms with van der Waals surface area (Å²) < 4.78 is 0.621. The number of nitrogens with zero attached hydrogens (tertiary/aromatic N) is 1. The standard InChI is InChI=1S/C11H9BrN2O/c1-7-4-2-3-5-8(7)10-9(6-15)11(12)14-13-10/h2-6H,1H3,(H,13,14). The van der Waals surface area contributed by atoms with Gasteiger partial charge >= 0.3 is 0 Å². The van der Waals surface area contributed by atoms with E-state index in [0.717, 1.165) is 17.4 Å². The number of aromatic nitrogens is 2. The van der Waals surface area contributed by atoms with Crippen LogP contribution in [0.25, 0.3) is 11.3 Å². The number of rotatable bonds is 2. The molecule has 0 bridgehead atoms. The molecular formula is C11H9BrN2O. The van der Waals surface area contributed by atoms with E-state index >= 15 is 0 Å². The molecule has 1 N–H and O–H groups in total. The Bertz CT molecular complexity index is 505. The van der Waals surface area contributed by atoms with E-state index < -0.39 is 0 Å². The third-order valence-electron chi connectivity index (χ3n) is 2.28. The summed E-state index contributed by atoms with van der Waals surface area (Å²) in [6.45, 7) is 1.99. The van der Waals surface area contributed by atoms with E-state index in [9.17, 15) is 4.79 Å². The second-order valence-electron chi connectivity index (χ2n) is 3.23. The maximum Gasteiger partial charge on any atom is 0.155 e. The zero-order valence-electron chi connectivity index (χ0n) is 8.12. The number of halogens is 1. The fraction of sp³-hybridized carbons (Fsp3) is 0.0909. The highest BCUT2D eigenvalue weighted by Gasteiger charge is 2.13. The molecule has 1 aromatic carbocycles. The van der Waals surface area contributed by atoms with Crippen LogP contribution in [-0.4, -0.2) is 16.5 Å². The molecule has 4 heteroatoms.